The number of aromatic nitrogens is 3. The Hall–Kier alpha value is -3.39. The first kappa shape index (κ1) is 20.3. The lowest BCUT2D eigenvalue weighted by Gasteiger charge is -2.14. The molecule has 8 nitrogen and oxygen atoms in total. The van der Waals surface area contributed by atoms with Crippen LogP contribution in [0.4, 0.5) is 5.69 Å². The van der Waals surface area contributed by atoms with Crippen molar-refractivity contribution in [3.63, 3.8) is 0 Å². The Morgan fingerprint density at radius 1 is 1.14 bits per heavy atom. The average molecular weight is 415 g/mol. The lowest BCUT2D eigenvalue weighted by Crippen LogP contribution is -2.34. The van der Waals surface area contributed by atoms with E-state index in [-0.39, 0.29) is 0 Å². The van der Waals surface area contributed by atoms with E-state index < -0.39 is 17.6 Å². The number of halogens is 1. The molecule has 9 heteroatoms. The predicted molar refractivity (Wildman–Crippen MR) is 110 cm³/mol. The molecule has 29 heavy (non-hydrogen) atoms. The zero-order chi connectivity index (χ0) is 21.0. The summed E-state index contributed by atoms with van der Waals surface area (Å²) in [5, 5.41) is 7.17. The Balaban J connectivity index is 1.77. The van der Waals surface area contributed by atoms with Crippen LogP contribution in [0.1, 0.15) is 13.0 Å². The van der Waals surface area contributed by atoms with Crippen LogP contribution in [-0.4, -0.2) is 34.9 Å². The van der Waals surface area contributed by atoms with Crippen LogP contribution in [0.3, 0.4) is 0 Å². The highest BCUT2D eigenvalue weighted by molar-refractivity contribution is 6.32. The minimum atomic E-state index is -0.874. The number of nitrogens with zero attached hydrogens (tertiary/aromatic N) is 3. The molecule has 1 aromatic heterocycles. The van der Waals surface area contributed by atoms with E-state index in [9.17, 15) is 9.59 Å². The van der Waals surface area contributed by atoms with Crippen molar-refractivity contribution in [2.75, 3.05) is 19.5 Å². The molecule has 0 unspecified atom stereocenters. The summed E-state index contributed by atoms with van der Waals surface area (Å²) in [5.41, 5.74) is 0.966. The molecule has 0 aliphatic heterocycles. The lowest BCUT2D eigenvalue weighted by atomic mass is 10.1. The topological polar surface area (TPSA) is 95.3 Å². The summed E-state index contributed by atoms with van der Waals surface area (Å²) in [6.45, 7) is 1.56. The van der Waals surface area contributed by atoms with E-state index in [1.807, 2.05) is 0 Å². The molecule has 0 fully saturated rings. The number of anilines is 1. The summed E-state index contributed by atoms with van der Waals surface area (Å²) in [6.07, 6.45) is 1.44. The number of rotatable bonds is 6. The number of hydrogen-bond donors (Lipinski definition) is 1. The second-order valence-electron chi connectivity index (χ2n) is 6.11. The maximum atomic E-state index is 12.5. The molecule has 0 saturated heterocycles. The van der Waals surface area contributed by atoms with Crippen LogP contribution in [0, 0.1) is 0 Å². The van der Waals surface area contributed by atoms with Crippen molar-refractivity contribution < 1.29 is 14.3 Å². The Morgan fingerprint density at radius 2 is 1.86 bits per heavy atom. The van der Waals surface area contributed by atoms with Gasteiger partial charge in [-0.25, -0.2) is 9.48 Å². The average Bonchev–Trinajstić information content (AvgIpc) is 2.73. The molecule has 2 aromatic carbocycles. The molecule has 0 aliphatic rings. The number of carbonyl (C=O) groups excluding carboxylic acids is 1. The monoisotopic (exact) mass is 414 g/mol. The van der Waals surface area contributed by atoms with E-state index in [4.69, 9.17) is 21.1 Å². The fraction of sp³-hybridized carbons (Fsp3) is 0.200. The molecule has 0 radical (unpaired) electrons. The van der Waals surface area contributed by atoms with Crippen molar-refractivity contribution in [2.45, 2.75) is 13.0 Å². The van der Waals surface area contributed by atoms with Gasteiger partial charge in [0.1, 0.15) is 17.5 Å². The van der Waals surface area contributed by atoms with Gasteiger partial charge >= 0.3 is 5.69 Å². The SMILES string of the molecule is COc1ccc(-c2cnn([C@@H](C)C(=O)Nc3ccc(OC)c(Cl)c3)c(=O)n2)cc1. The van der Waals surface area contributed by atoms with Gasteiger partial charge in [0.05, 0.1) is 31.1 Å². The molecule has 3 aromatic rings. The van der Waals surface area contributed by atoms with E-state index in [0.29, 0.717) is 33.5 Å². The summed E-state index contributed by atoms with van der Waals surface area (Å²) in [5.74, 6) is 0.757. The van der Waals surface area contributed by atoms with Gasteiger partial charge < -0.3 is 14.8 Å². The molecule has 0 bridgehead atoms. The highest BCUT2D eigenvalue weighted by atomic mass is 35.5. The third-order valence-electron chi connectivity index (χ3n) is 4.27. The van der Waals surface area contributed by atoms with Crippen LogP contribution >= 0.6 is 11.6 Å². The lowest BCUT2D eigenvalue weighted by molar-refractivity contribution is -0.119. The third-order valence-corrected chi connectivity index (χ3v) is 4.56. The number of methoxy groups -OCH3 is 2. The molecule has 1 N–H and O–H groups in total. The number of ether oxygens (including phenoxy) is 2. The zero-order valence-corrected chi connectivity index (χ0v) is 16.8. The predicted octanol–water partition coefficient (Wildman–Crippen LogP) is 3.18. The van der Waals surface area contributed by atoms with Crippen molar-refractivity contribution in [3.8, 4) is 22.8 Å². The molecular weight excluding hydrogens is 396 g/mol. The molecule has 1 atom stereocenters. The second kappa shape index (κ2) is 8.74. The Kier molecular flexibility index (Phi) is 6.13. The minimum absolute atomic E-state index is 0.360. The first-order valence-electron chi connectivity index (χ1n) is 8.67. The molecule has 150 valence electrons. The van der Waals surface area contributed by atoms with Gasteiger partial charge in [0.25, 0.3) is 0 Å². The molecule has 0 saturated carbocycles. The summed E-state index contributed by atoms with van der Waals surface area (Å²) in [4.78, 5) is 29.0. The first-order valence-corrected chi connectivity index (χ1v) is 9.05. The van der Waals surface area contributed by atoms with Crippen molar-refractivity contribution in [1.82, 2.24) is 14.8 Å². The molecule has 1 heterocycles. The van der Waals surface area contributed by atoms with Crippen LogP contribution in [0.5, 0.6) is 11.5 Å². The number of amides is 1. The standard InChI is InChI=1S/C20H19ClN4O4/c1-12(19(26)23-14-6-9-18(29-3)16(21)10-14)25-20(27)24-17(11-22-25)13-4-7-15(28-2)8-5-13/h4-12H,1-3H3,(H,23,26)/t12-/m0/s1. The van der Waals surface area contributed by atoms with Crippen molar-refractivity contribution in [1.29, 1.82) is 0 Å². The highest BCUT2D eigenvalue weighted by Crippen LogP contribution is 2.27. The van der Waals surface area contributed by atoms with Crippen molar-refractivity contribution in [2.24, 2.45) is 0 Å². The molecule has 1 amide bonds. The summed E-state index contributed by atoms with van der Waals surface area (Å²) >= 11 is 6.07. The van der Waals surface area contributed by atoms with Crippen molar-refractivity contribution >= 4 is 23.2 Å². The summed E-state index contributed by atoms with van der Waals surface area (Å²) in [7, 11) is 3.07. The van der Waals surface area contributed by atoms with Gasteiger partial charge in [-0.1, -0.05) is 11.6 Å². The van der Waals surface area contributed by atoms with Gasteiger partial charge in [-0.05, 0) is 49.4 Å². The zero-order valence-electron chi connectivity index (χ0n) is 16.0. The molecule has 3 rings (SSSR count). The molecule has 0 spiro atoms. The Labute approximate surface area is 172 Å². The third kappa shape index (κ3) is 4.55. The maximum Gasteiger partial charge on any atom is 0.365 e. The molecule has 0 aliphatic carbocycles. The highest BCUT2D eigenvalue weighted by Gasteiger charge is 2.19. The van der Waals surface area contributed by atoms with Gasteiger partial charge in [0.2, 0.25) is 5.91 Å². The smallest absolute Gasteiger partial charge is 0.365 e. The van der Waals surface area contributed by atoms with Crippen LogP contribution < -0.4 is 20.5 Å². The number of benzene rings is 2. The van der Waals surface area contributed by atoms with Gasteiger partial charge in [0, 0.05) is 11.3 Å². The maximum absolute atomic E-state index is 12.5. The van der Waals surface area contributed by atoms with E-state index in [1.54, 1.807) is 56.5 Å². The number of hydrogen-bond acceptors (Lipinski definition) is 6. The van der Waals surface area contributed by atoms with Crippen LogP contribution in [-0.2, 0) is 4.79 Å². The summed E-state index contributed by atoms with van der Waals surface area (Å²) < 4.78 is 11.2. The van der Waals surface area contributed by atoms with Crippen LogP contribution in [0.25, 0.3) is 11.3 Å². The number of carbonyl (C=O) groups is 1. The van der Waals surface area contributed by atoms with E-state index in [2.05, 4.69) is 15.4 Å². The fourth-order valence-corrected chi connectivity index (χ4v) is 2.88. The Bertz CT molecular complexity index is 1080. The van der Waals surface area contributed by atoms with E-state index in [0.717, 1.165) is 4.68 Å². The van der Waals surface area contributed by atoms with Crippen molar-refractivity contribution in [3.05, 3.63) is 64.2 Å². The largest absolute Gasteiger partial charge is 0.497 e. The van der Waals surface area contributed by atoms with Gasteiger partial charge in [-0.3, -0.25) is 4.79 Å². The van der Waals surface area contributed by atoms with Gasteiger partial charge in [-0.15, -0.1) is 0 Å². The second-order valence-corrected chi connectivity index (χ2v) is 6.52. The Morgan fingerprint density at radius 3 is 2.45 bits per heavy atom. The van der Waals surface area contributed by atoms with E-state index >= 15 is 0 Å². The van der Waals surface area contributed by atoms with Crippen LogP contribution in [0.2, 0.25) is 5.02 Å². The molecular formula is C20H19ClN4O4. The van der Waals surface area contributed by atoms with Gasteiger partial charge in [-0.2, -0.15) is 10.1 Å². The van der Waals surface area contributed by atoms with E-state index in [1.165, 1.54) is 13.3 Å². The summed E-state index contributed by atoms with van der Waals surface area (Å²) in [6, 6.07) is 11.0. The minimum Gasteiger partial charge on any atom is -0.497 e. The quantitative estimate of drug-likeness (QED) is 0.665. The normalized spacial score (nSPS) is 11.6. The fourth-order valence-electron chi connectivity index (χ4n) is 2.62. The first-order chi connectivity index (χ1) is 13.9. The van der Waals surface area contributed by atoms with Gasteiger partial charge in [0.15, 0.2) is 0 Å². The van der Waals surface area contributed by atoms with Crippen LogP contribution in [0.15, 0.2) is 53.5 Å². The number of nitrogens with one attached hydrogen (secondary N) is 1.